The lowest BCUT2D eigenvalue weighted by molar-refractivity contribution is 0.414. The zero-order valence-corrected chi connectivity index (χ0v) is 18.4. The number of nitrogens with zero attached hydrogens (tertiary/aromatic N) is 4. The summed E-state index contributed by atoms with van der Waals surface area (Å²) in [5.41, 5.74) is 2.43. The molecular formula is C24H20N4O3S. The summed E-state index contributed by atoms with van der Waals surface area (Å²) in [6.07, 6.45) is 0. The maximum atomic E-state index is 13.4. The molecule has 0 aliphatic carbocycles. The highest BCUT2D eigenvalue weighted by Crippen LogP contribution is 2.27. The average Bonchev–Trinajstić information content (AvgIpc) is 3.27. The van der Waals surface area contributed by atoms with Crippen LogP contribution in [0.5, 0.6) is 11.5 Å². The molecule has 0 saturated heterocycles. The lowest BCUT2D eigenvalue weighted by Crippen LogP contribution is -2.21. The van der Waals surface area contributed by atoms with Crippen LogP contribution in [-0.2, 0) is 5.75 Å². The van der Waals surface area contributed by atoms with Crippen LogP contribution in [0.2, 0.25) is 0 Å². The van der Waals surface area contributed by atoms with Gasteiger partial charge in [0, 0.05) is 11.8 Å². The number of aromatic nitrogens is 4. The largest absolute Gasteiger partial charge is 0.497 e. The molecule has 0 bridgehead atoms. The SMILES string of the molecule is COc1ccc(CSc2nnc3n(-c4cccc(OC)c4)c(=O)c4ccccc4n23)cc1. The van der Waals surface area contributed by atoms with Gasteiger partial charge in [-0.15, -0.1) is 10.2 Å². The van der Waals surface area contributed by atoms with E-state index in [-0.39, 0.29) is 5.56 Å². The first-order valence-corrected chi connectivity index (χ1v) is 11.0. The van der Waals surface area contributed by atoms with E-state index in [9.17, 15) is 4.79 Å². The molecule has 160 valence electrons. The Morgan fingerprint density at radius 3 is 2.44 bits per heavy atom. The highest BCUT2D eigenvalue weighted by Gasteiger charge is 2.18. The molecule has 0 fully saturated rings. The van der Waals surface area contributed by atoms with Gasteiger partial charge in [-0.05, 0) is 42.0 Å². The normalized spacial score (nSPS) is 11.2. The molecule has 0 aliphatic heterocycles. The van der Waals surface area contributed by atoms with Crippen LogP contribution in [0, 0.1) is 0 Å². The Hall–Kier alpha value is -3.78. The minimum atomic E-state index is -0.152. The Morgan fingerprint density at radius 1 is 0.875 bits per heavy atom. The van der Waals surface area contributed by atoms with Crippen molar-refractivity contribution in [3.63, 3.8) is 0 Å². The highest BCUT2D eigenvalue weighted by atomic mass is 32.2. The van der Waals surface area contributed by atoms with Crippen molar-refractivity contribution < 1.29 is 9.47 Å². The molecule has 5 rings (SSSR count). The number of para-hydroxylation sites is 1. The molecule has 0 amide bonds. The van der Waals surface area contributed by atoms with Crippen molar-refractivity contribution in [2.24, 2.45) is 0 Å². The molecular weight excluding hydrogens is 424 g/mol. The highest BCUT2D eigenvalue weighted by molar-refractivity contribution is 7.98. The zero-order chi connectivity index (χ0) is 22.1. The number of ether oxygens (including phenoxy) is 2. The monoisotopic (exact) mass is 444 g/mol. The average molecular weight is 445 g/mol. The molecule has 2 heterocycles. The number of thioether (sulfide) groups is 1. The van der Waals surface area contributed by atoms with Gasteiger partial charge in [0.2, 0.25) is 5.78 Å². The minimum absolute atomic E-state index is 0.152. The third kappa shape index (κ3) is 3.48. The van der Waals surface area contributed by atoms with E-state index in [2.05, 4.69) is 10.2 Å². The number of methoxy groups -OCH3 is 2. The fraction of sp³-hybridized carbons (Fsp3) is 0.125. The van der Waals surface area contributed by atoms with Crippen molar-refractivity contribution in [2.45, 2.75) is 10.9 Å². The van der Waals surface area contributed by atoms with Gasteiger partial charge in [0.25, 0.3) is 5.56 Å². The van der Waals surface area contributed by atoms with Crippen molar-refractivity contribution in [2.75, 3.05) is 14.2 Å². The summed E-state index contributed by atoms with van der Waals surface area (Å²) in [5, 5.41) is 10.1. The first kappa shape index (κ1) is 20.1. The summed E-state index contributed by atoms with van der Waals surface area (Å²) in [6, 6.07) is 22.8. The molecule has 8 heteroatoms. The van der Waals surface area contributed by atoms with E-state index in [1.54, 1.807) is 30.5 Å². The minimum Gasteiger partial charge on any atom is -0.497 e. The molecule has 0 spiro atoms. The predicted octanol–water partition coefficient (Wildman–Crippen LogP) is 4.34. The summed E-state index contributed by atoms with van der Waals surface area (Å²) in [5.74, 6) is 2.64. The van der Waals surface area contributed by atoms with Gasteiger partial charge in [0.15, 0.2) is 5.16 Å². The molecule has 7 nitrogen and oxygen atoms in total. The van der Waals surface area contributed by atoms with Crippen LogP contribution in [0.3, 0.4) is 0 Å². The molecule has 0 saturated carbocycles. The standard InChI is InChI=1S/C24H20N4O3S/c1-30-18-12-10-16(11-13-18)15-32-24-26-25-23-27(17-6-5-7-19(14-17)31-2)22(29)20-8-3-4-9-21(20)28(23)24/h3-14H,15H2,1-2H3. The van der Waals surface area contributed by atoms with E-state index in [1.807, 2.05) is 77.2 Å². The molecule has 0 unspecified atom stereocenters. The third-order valence-electron chi connectivity index (χ3n) is 5.23. The first-order valence-electron chi connectivity index (χ1n) is 9.98. The van der Waals surface area contributed by atoms with Gasteiger partial charge in [0.1, 0.15) is 11.5 Å². The molecule has 0 radical (unpaired) electrons. The lowest BCUT2D eigenvalue weighted by atomic mass is 10.2. The molecule has 32 heavy (non-hydrogen) atoms. The topological polar surface area (TPSA) is 70.7 Å². The molecule has 2 aromatic heterocycles. The predicted molar refractivity (Wildman–Crippen MR) is 125 cm³/mol. The van der Waals surface area contributed by atoms with Crippen LogP contribution in [-0.4, -0.2) is 33.4 Å². The van der Waals surface area contributed by atoms with E-state index >= 15 is 0 Å². The van der Waals surface area contributed by atoms with E-state index in [4.69, 9.17) is 9.47 Å². The van der Waals surface area contributed by atoms with E-state index < -0.39 is 0 Å². The van der Waals surface area contributed by atoms with E-state index in [0.29, 0.717) is 33.5 Å². The van der Waals surface area contributed by atoms with Gasteiger partial charge < -0.3 is 9.47 Å². The van der Waals surface area contributed by atoms with Crippen molar-refractivity contribution in [1.29, 1.82) is 0 Å². The molecule has 5 aromatic rings. The Balaban J connectivity index is 1.66. The number of benzene rings is 3. The second kappa shape index (κ2) is 8.39. The maximum absolute atomic E-state index is 13.4. The molecule has 0 aliphatic rings. The van der Waals surface area contributed by atoms with Crippen LogP contribution in [0.15, 0.2) is 82.7 Å². The van der Waals surface area contributed by atoms with Gasteiger partial charge in [-0.2, -0.15) is 0 Å². The zero-order valence-electron chi connectivity index (χ0n) is 17.6. The summed E-state index contributed by atoms with van der Waals surface area (Å²) in [6.45, 7) is 0. The smallest absolute Gasteiger partial charge is 0.267 e. The Morgan fingerprint density at radius 2 is 1.66 bits per heavy atom. The summed E-state index contributed by atoms with van der Waals surface area (Å²) in [4.78, 5) is 13.4. The maximum Gasteiger partial charge on any atom is 0.267 e. The number of hydrogen-bond donors (Lipinski definition) is 0. The molecule has 0 atom stereocenters. The van der Waals surface area contributed by atoms with Gasteiger partial charge in [-0.1, -0.05) is 42.1 Å². The van der Waals surface area contributed by atoms with Crippen LogP contribution < -0.4 is 15.0 Å². The number of hydrogen-bond acceptors (Lipinski definition) is 6. The Kier molecular flexibility index (Phi) is 5.28. The number of rotatable bonds is 6. The summed E-state index contributed by atoms with van der Waals surface area (Å²) >= 11 is 1.56. The van der Waals surface area contributed by atoms with Crippen molar-refractivity contribution in [3.05, 3.63) is 88.7 Å². The van der Waals surface area contributed by atoms with Gasteiger partial charge in [0.05, 0.1) is 30.8 Å². The van der Waals surface area contributed by atoms with Crippen LogP contribution in [0.4, 0.5) is 0 Å². The number of fused-ring (bicyclic) bond motifs is 3. The Labute approximate surface area is 188 Å². The third-order valence-corrected chi connectivity index (χ3v) is 6.23. The van der Waals surface area contributed by atoms with Crippen molar-refractivity contribution >= 4 is 28.4 Å². The lowest BCUT2D eigenvalue weighted by Gasteiger charge is -2.12. The van der Waals surface area contributed by atoms with Crippen molar-refractivity contribution in [3.8, 4) is 17.2 Å². The van der Waals surface area contributed by atoms with Crippen LogP contribution in [0.25, 0.3) is 22.4 Å². The van der Waals surface area contributed by atoms with E-state index in [1.165, 1.54) is 0 Å². The second-order valence-electron chi connectivity index (χ2n) is 7.11. The van der Waals surface area contributed by atoms with Gasteiger partial charge >= 0.3 is 0 Å². The fourth-order valence-electron chi connectivity index (χ4n) is 3.62. The van der Waals surface area contributed by atoms with E-state index in [0.717, 1.165) is 16.8 Å². The Bertz CT molecular complexity index is 1470. The first-order chi connectivity index (χ1) is 15.7. The summed E-state index contributed by atoms with van der Waals surface area (Å²) < 4.78 is 14.1. The quantitative estimate of drug-likeness (QED) is 0.363. The van der Waals surface area contributed by atoms with Crippen molar-refractivity contribution in [1.82, 2.24) is 19.2 Å². The van der Waals surface area contributed by atoms with Crippen LogP contribution in [0.1, 0.15) is 5.56 Å². The van der Waals surface area contributed by atoms with Gasteiger partial charge in [-0.3, -0.25) is 9.20 Å². The molecule has 0 N–H and O–H groups in total. The summed E-state index contributed by atoms with van der Waals surface area (Å²) in [7, 11) is 3.25. The fourth-order valence-corrected chi connectivity index (χ4v) is 4.52. The van der Waals surface area contributed by atoms with Crippen LogP contribution >= 0.6 is 11.8 Å². The molecule has 3 aromatic carbocycles. The van der Waals surface area contributed by atoms with Gasteiger partial charge in [-0.25, -0.2) is 4.57 Å². The second-order valence-corrected chi connectivity index (χ2v) is 8.06.